The van der Waals surface area contributed by atoms with Gasteiger partial charge in [0.15, 0.2) is 0 Å². The van der Waals surface area contributed by atoms with Gasteiger partial charge in [0.1, 0.15) is 17.5 Å². The van der Waals surface area contributed by atoms with E-state index in [0.717, 1.165) is 22.3 Å². The molecule has 0 spiro atoms. The lowest BCUT2D eigenvalue weighted by Crippen LogP contribution is -2.52. The third kappa shape index (κ3) is 5.04. The number of hydrogen-bond acceptors (Lipinski definition) is 5. The maximum absolute atomic E-state index is 13.9. The number of sulfonamides is 1. The molecule has 7 nitrogen and oxygen atoms in total. The summed E-state index contributed by atoms with van der Waals surface area (Å²) in [5.41, 5.74) is 4.10. The maximum atomic E-state index is 13.9. The number of nitrogens with zero attached hydrogens (tertiary/aromatic N) is 1. The molecule has 0 unspecified atom stereocenters. The summed E-state index contributed by atoms with van der Waals surface area (Å²) in [6.45, 7) is 3.94. The molecule has 1 N–H and O–H groups in total. The highest BCUT2D eigenvalue weighted by Crippen LogP contribution is 2.31. The number of rotatable bonds is 7. The second-order valence-corrected chi connectivity index (χ2v) is 10.6. The normalized spacial score (nSPS) is 15.8. The number of aryl methyl sites for hydroxylation is 2. The molecule has 1 aliphatic heterocycles. The van der Waals surface area contributed by atoms with Gasteiger partial charge in [-0.05, 0) is 66.8 Å². The molecule has 0 fully saturated rings. The van der Waals surface area contributed by atoms with Crippen LogP contribution in [0.5, 0.6) is 11.5 Å². The van der Waals surface area contributed by atoms with Crippen LogP contribution in [0.15, 0.2) is 65.6 Å². The van der Waals surface area contributed by atoms with Crippen LogP contribution in [0.3, 0.4) is 0 Å². The minimum atomic E-state index is -3.93. The summed E-state index contributed by atoms with van der Waals surface area (Å²) in [6.07, 6.45) is 0.293. The molecular formula is C27H30N2O5S. The summed E-state index contributed by atoms with van der Waals surface area (Å²) >= 11 is 0. The van der Waals surface area contributed by atoms with E-state index in [1.807, 2.05) is 37.3 Å². The lowest BCUT2D eigenvalue weighted by molar-refractivity contribution is -0.125. The van der Waals surface area contributed by atoms with Gasteiger partial charge < -0.3 is 14.8 Å². The monoisotopic (exact) mass is 494 g/mol. The zero-order chi connectivity index (χ0) is 25.2. The predicted molar refractivity (Wildman–Crippen MR) is 134 cm³/mol. The number of benzene rings is 3. The van der Waals surface area contributed by atoms with Crippen LogP contribution in [0.4, 0.5) is 0 Å². The quantitative estimate of drug-likeness (QED) is 0.541. The number of carbonyl (C=O) groups is 1. The first-order chi connectivity index (χ1) is 16.7. The standard InChI is InChI=1S/C27H30N2O5S/c1-18-9-10-19(2)26(13-18)35(31,32)29-17-21-8-6-5-7-20(21)15-24(29)27(30)28-16-22-14-23(33-3)11-12-25(22)34-4/h5-14,24H,15-17H2,1-4H3,(H,28,30)/t24-/m1/s1. The van der Waals surface area contributed by atoms with Crippen molar-refractivity contribution in [1.29, 1.82) is 0 Å². The van der Waals surface area contributed by atoms with Crippen molar-refractivity contribution in [2.75, 3.05) is 14.2 Å². The third-order valence-electron chi connectivity index (χ3n) is 6.38. The van der Waals surface area contributed by atoms with E-state index in [1.165, 1.54) is 4.31 Å². The van der Waals surface area contributed by atoms with Gasteiger partial charge in [-0.25, -0.2) is 8.42 Å². The molecule has 35 heavy (non-hydrogen) atoms. The molecule has 3 aromatic carbocycles. The molecule has 184 valence electrons. The molecule has 1 aliphatic rings. The first-order valence-corrected chi connectivity index (χ1v) is 12.8. The Morgan fingerprint density at radius 2 is 1.74 bits per heavy atom. The fourth-order valence-electron chi connectivity index (χ4n) is 4.41. The van der Waals surface area contributed by atoms with Crippen LogP contribution in [-0.2, 0) is 34.3 Å². The first kappa shape index (κ1) is 24.8. The van der Waals surface area contributed by atoms with Crippen molar-refractivity contribution in [2.24, 2.45) is 0 Å². The predicted octanol–water partition coefficient (Wildman–Crippen LogP) is 3.75. The van der Waals surface area contributed by atoms with Gasteiger partial charge in [0, 0.05) is 18.7 Å². The highest BCUT2D eigenvalue weighted by Gasteiger charge is 2.40. The van der Waals surface area contributed by atoms with Gasteiger partial charge in [0.25, 0.3) is 0 Å². The molecule has 4 rings (SSSR count). The Kier molecular flexibility index (Phi) is 7.14. The van der Waals surface area contributed by atoms with E-state index in [1.54, 1.807) is 51.5 Å². The summed E-state index contributed by atoms with van der Waals surface area (Å²) in [4.78, 5) is 13.7. The third-order valence-corrected chi connectivity index (χ3v) is 8.38. The average Bonchev–Trinajstić information content (AvgIpc) is 2.87. The Bertz CT molecular complexity index is 1350. The summed E-state index contributed by atoms with van der Waals surface area (Å²) in [5, 5.41) is 2.92. The molecule has 1 amide bonds. The van der Waals surface area contributed by atoms with Crippen molar-refractivity contribution in [3.05, 3.63) is 88.5 Å². The number of amides is 1. The van der Waals surface area contributed by atoms with Gasteiger partial charge in [-0.15, -0.1) is 0 Å². The molecule has 0 aliphatic carbocycles. The molecule has 0 saturated carbocycles. The van der Waals surface area contributed by atoms with Gasteiger partial charge in [0.05, 0.1) is 19.1 Å². The molecule has 1 heterocycles. The average molecular weight is 495 g/mol. The Labute approximate surface area is 206 Å². The molecule has 0 bridgehead atoms. The van der Waals surface area contributed by atoms with Crippen LogP contribution in [0.2, 0.25) is 0 Å². The SMILES string of the molecule is COc1ccc(OC)c(CNC(=O)[C@H]2Cc3ccccc3CN2S(=O)(=O)c2cc(C)ccc2C)c1. The van der Waals surface area contributed by atoms with E-state index >= 15 is 0 Å². The maximum Gasteiger partial charge on any atom is 0.244 e. The minimum Gasteiger partial charge on any atom is -0.497 e. The van der Waals surface area contributed by atoms with E-state index in [0.29, 0.717) is 23.5 Å². The summed E-state index contributed by atoms with van der Waals surface area (Å²) in [7, 11) is -0.802. The highest BCUT2D eigenvalue weighted by atomic mass is 32.2. The Morgan fingerprint density at radius 1 is 1.00 bits per heavy atom. The second-order valence-electron chi connectivity index (χ2n) is 8.70. The fourth-order valence-corrected chi connectivity index (χ4v) is 6.28. The van der Waals surface area contributed by atoms with E-state index in [4.69, 9.17) is 9.47 Å². The van der Waals surface area contributed by atoms with Crippen molar-refractivity contribution in [2.45, 2.75) is 44.3 Å². The molecule has 8 heteroatoms. The van der Waals surface area contributed by atoms with Crippen LogP contribution in [0.1, 0.15) is 27.8 Å². The topological polar surface area (TPSA) is 84.9 Å². The van der Waals surface area contributed by atoms with Gasteiger partial charge in [-0.1, -0.05) is 36.4 Å². The van der Waals surface area contributed by atoms with E-state index in [2.05, 4.69) is 5.32 Å². The lowest BCUT2D eigenvalue weighted by atomic mass is 9.95. The van der Waals surface area contributed by atoms with Gasteiger partial charge >= 0.3 is 0 Å². The summed E-state index contributed by atoms with van der Waals surface area (Å²) in [6, 6.07) is 17.5. The largest absolute Gasteiger partial charge is 0.497 e. The molecule has 0 saturated heterocycles. The number of fused-ring (bicyclic) bond motifs is 1. The van der Waals surface area contributed by atoms with Crippen molar-refractivity contribution in [1.82, 2.24) is 9.62 Å². The summed E-state index contributed by atoms with van der Waals surface area (Å²) < 4.78 is 39.7. The smallest absolute Gasteiger partial charge is 0.244 e. The van der Waals surface area contributed by atoms with Crippen molar-refractivity contribution >= 4 is 15.9 Å². The molecule has 3 aromatic rings. The fraction of sp³-hybridized carbons (Fsp3) is 0.296. The molecule has 0 aromatic heterocycles. The van der Waals surface area contributed by atoms with Crippen molar-refractivity contribution < 1.29 is 22.7 Å². The van der Waals surface area contributed by atoms with Crippen LogP contribution in [-0.4, -0.2) is 38.9 Å². The van der Waals surface area contributed by atoms with Crippen molar-refractivity contribution in [3.63, 3.8) is 0 Å². The number of hydrogen-bond donors (Lipinski definition) is 1. The second kappa shape index (κ2) is 10.1. The van der Waals surface area contributed by atoms with Crippen LogP contribution < -0.4 is 14.8 Å². The van der Waals surface area contributed by atoms with E-state index in [9.17, 15) is 13.2 Å². The number of methoxy groups -OCH3 is 2. The van der Waals surface area contributed by atoms with Gasteiger partial charge in [0.2, 0.25) is 15.9 Å². The lowest BCUT2D eigenvalue weighted by Gasteiger charge is -2.35. The summed E-state index contributed by atoms with van der Waals surface area (Å²) in [5.74, 6) is 0.888. The number of carbonyl (C=O) groups excluding carboxylic acids is 1. The minimum absolute atomic E-state index is 0.131. The molecule has 1 atom stereocenters. The van der Waals surface area contributed by atoms with Crippen LogP contribution in [0, 0.1) is 13.8 Å². The Morgan fingerprint density at radius 3 is 2.46 bits per heavy atom. The van der Waals surface area contributed by atoms with Crippen LogP contribution in [0.25, 0.3) is 0 Å². The van der Waals surface area contributed by atoms with Crippen LogP contribution >= 0.6 is 0 Å². The molecule has 0 radical (unpaired) electrons. The number of ether oxygens (including phenoxy) is 2. The number of nitrogens with one attached hydrogen (secondary N) is 1. The van der Waals surface area contributed by atoms with Crippen molar-refractivity contribution in [3.8, 4) is 11.5 Å². The zero-order valence-electron chi connectivity index (χ0n) is 20.4. The Balaban J connectivity index is 1.67. The highest BCUT2D eigenvalue weighted by molar-refractivity contribution is 7.89. The van der Waals surface area contributed by atoms with Gasteiger partial charge in [-0.3, -0.25) is 4.79 Å². The van der Waals surface area contributed by atoms with E-state index < -0.39 is 16.1 Å². The Hall–Kier alpha value is -3.36. The zero-order valence-corrected chi connectivity index (χ0v) is 21.2. The first-order valence-electron chi connectivity index (χ1n) is 11.4. The molecular weight excluding hydrogens is 464 g/mol. The van der Waals surface area contributed by atoms with E-state index in [-0.39, 0.29) is 23.9 Å². The van der Waals surface area contributed by atoms with Gasteiger partial charge in [-0.2, -0.15) is 4.31 Å².